The minimum atomic E-state index is -3.75. The first-order valence-electron chi connectivity index (χ1n) is 7.35. The molecular formula is C15H24N2O6S. The number of nitrogens with zero attached hydrogens (tertiary/aromatic N) is 1. The summed E-state index contributed by atoms with van der Waals surface area (Å²) in [6.07, 6.45) is 0. The Bertz CT molecular complexity index is 603. The van der Waals surface area contributed by atoms with Crippen LogP contribution in [-0.2, 0) is 24.3 Å². The zero-order valence-corrected chi connectivity index (χ0v) is 15.0. The number of sulfonamides is 1. The van der Waals surface area contributed by atoms with Gasteiger partial charge < -0.3 is 19.5 Å². The fourth-order valence-corrected chi connectivity index (χ4v) is 2.89. The normalized spacial score (nSPS) is 11.5. The number of hydrogen-bond acceptors (Lipinski definition) is 6. The van der Waals surface area contributed by atoms with Crippen LogP contribution in [0.15, 0.2) is 29.2 Å². The first kappa shape index (κ1) is 20.4. The number of rotatable bonds is 11. The zero-order chi connectivity index (χ0) is 18.0. The van der Waals surface area contributed by atoms with Gasteiger partial charge in [0.25, 0.3) is 0 Å². The molecule has 1 rings (SSSR count). The molecule has 8 nitrogen and oxygen atoms in total. The Morgan fingerprint density at radius 1 is 1.08 bits per heavy atom. The maximum absolute atomic E-state index is 12.4. The van der Waals surface area contributed by atoms with E-state index in [2.05, 4.69) is 5.32 Å². The molecule has 1 aromatic rings. The molecule has 9 heteroatoms. The number of benzene rings is 1. The molecule has 0 radical (unpaired) electrons. The number of likely N-dealkylation sites (N-methyl/N-ethyl adjacent to an activating group) is 1. The van der Waals surface area contributed by atoms with Crippen LogP contribution in [0.4, 0.5) is 0 Å². The van der Waals surface area contributed by atoms with Gasteiger partial charge in [-0.1, -0.05) is 0 Å². The number of hydrogen-bond donors (Lipinski definition) is 1. The molecule has 0 spiro atoms. The van der Waals surface area contributed by atoms with Crippen molar-refractivity contribution >= 4 is 15.9 Å². The molecule has 0 bridgehead atoms. The summed E-state index contributed by atoms with van der Waals surface area (Å²) in [5.74, 6) is 0.156. The van der Waals surface area contributed by atoms with Crippen molar-refractivity contribution in [3.05, 3.63) is 24.3 Å². The van der Waals surface area contributed by atoms with Crippen LogP contribution in [0.3, 0.4) is 0 Å². The van der Waals surface area contributed by atoms with Gasteiger partial charge in [-0.25, -0.2) is 8.42 Å². The van der Waals surface area contributed by atoms with Gasteiger partial charge in [0.05, 0.1) is 24.7 Å². The van der Waals surface area contributed by atoms with Gasteiger partial charge in [-0.15, -0.1) is 0 Å². The SMILES string of the molecule is COCCNC(=O)CN(C)S(=O)(=O)c1ccc(OCCOC)cc1. The van der Waals surface area contributed by atoms with Crippen molar-refractivity contribution in [2.75, 3.05) is 54.2 Å². The summed E-state index contributed by atoms with van der Waals surface area (Å²) in [5.41, 5.74) is 0. The predicted octanol–water partition coefficient (Wildman–Crippen LogP) is 0.0949. The van der Waals surface area contributed by atoms with E-state index < -0.39 is 15.9 Å². The third kappa shape index (κ3) is 6.44. The van der Waals surface area contributed by atoms with Crippen molar-refractivity contribution in [3.8, 4) is 5.75 Å². The fraction of sp³-hybridized carbons (Fsp3) is 0.533. The Labute approximate surface area is 142 Å². The smallest absolute Gasteiger partial charge is 0.243 e. The number of amides is 1. The van der Waals surface area contributed by atoms with Crippen LogP contribution < -0.4 is 10.1 Å². The van der Waals surface area contributed by atoms with E-state index in [0.29, 0.717) is 32.1 Å². The third-order valence-corrected chi connectivity index (χ3v) is 4.90. The van der Waals surface area contributed by atoms with Crippen molar-refractivity contribution < 1.29 is 27.4 Å². The summed E-state index contributed by atoms with van der Waals surface area (Å²) < 4.78 is 40.9. The lowest BCUT2D eigenvalue weighted by Crippen LogP contribution is -2.39. The van der Waals surface area contributed by atoms with Gasteiger partial charge in [-0.3, -0.25) is 4.79 Å². The van der Waals surface area contributed by atoms with Crippen molar-refractivity contribution in [1.29, 1.82) is 0 Å². The maximum Gasteiger partial charge on any atom is 0.243 e. The minimum Gasteiger partial charge on any atom is -0.491 e. The Balaban J connectivity index is 2.64. The molecule has 0 aliphatic rings. The largest absolute Gasteiger partial charge is 0.491 e. The summed E-state index contributed by atoms with van der Waals surface area (Å²) in [4.78, 5) is 11.8. The van der Waals surface area contributed by atoms with Crippen LogP contribution in [-0.4, -0.2) is 72.8 Å². The second-order valence-electron chi connectivity index (χ2n) is 4.92. The van der Waals surface area contributed by atoms with Crippen molar-refractivity contribution in [1.82, 2.24) is 9.62 Å². The lowest BCUT2D eigenvalue weighted by molar-refractivity contribution is -0.121. The van der Waals surface area contributed by atoms with E-state index >= 15 is 0 Å². The summed E-state index contributed by atoms with van der Waals surface area (Å²) in [5, 5.41) is 2.57. The van der Waals surface area contributed by atoms with E-state index in [1.165, 1.54) is 26.3 Å². The highest BCUT2D eigenvalue weighted by Crippen LogP contribution is 2.18. The van der Waals surface area contributed by atoms with E-state index in [-0.39, 0.29) is 11.4 Å². The summed E-state index contributed by atoms with van der Waals surface area (Å²) in [7, 11) is 0.699. The Hall–Kier alpha value is -1.68. The topological polar surface area (TPSA) is 94.2 Å². The predicted molar refractivity (Wildman–Crippen MR) is 88.5 cm³/mol. The first-order valence-corrected chi connectivity index (χ1v) is 8.79. The number of nitrogens with one attached hydrogen (secondary N) is 1. The van der Waals surface area contributed by atoms with E-state index in [1.807, 2.05) is 0 Å². The Morgan fingerprint density at radius 3 is 2.29 bits per heavy atom. The van der Waals surface area contributed by atoms with Gasteiger partial charge in [-0.2, -0.15) is 4.31 Å². The third-order valence-electron chi connectivity index (χ3n) is 3.08. The lowest BCUT2D eigenvalue weighted by atomic mass is 10.3. The average Bonchev–Trinajstić information content (AvgIpc) is 2.55. The van der Waals surface area contributed by atoms with E-state index in [1.54, 1.807) is 19.2 Å². The van der Waals surface area contributed by atoms with Crippen molar-refractivity contribution in [2.45, 2.75) is 4.90 Å². The van der Waals surface area contributed by atoms with Gasteiger partial charge in [-0.05, 0) is 24.3 Å². The molecule has 1 N–H and O–H groups in total. The monoisotopic (exact) mass is 360 g/mol. The summed E-state index contributed by atoms with van der Waals surface area (Å²) in [6.45, 7) is 1.26. The summed E-state index contributed by atoms with van der Waals surface area (Å²) in [6, 6.07) is 6.01. The number of ether oxygens (including phenoxy) is 3. The molecule has 136 valence electrons. The van der Waals surface area contributed by atoms with Crippen LogP contribution in [0.1, 0.15) is 0 Å². The summed E-state index contributed by atoms with van der Waals surface area (Å²) >= 11 is 0. The van der Waals surface area contributed by atoms with Crippen molar-refractivity contribution in [3.63, 3.8) is 0 Å². The molecule has 0 heterocycles. The van der Waals surface area contributed by atoms with Crippen LogP contribution in [0, 0.1) is 0 Å². The molecule has 0 saturated heterocycles. The molecule has 0 aliphatic carbocycles. The number of carbonyl (C=O) groups is 1. The second-order valence-corrected chi connectivity index (χ2v) is 6.96. The molecule has 1 aromatic carbocycles. The van der Waals surface area contributed by atoms with Crippen LogP contribution in [0.25, 0.3) is 0 Å². The Morgan fingerprint density at radius 2 is 1.71 bits per heavy atom. The molecule has 0 aliphatic heterocycles. The lowest BCUT2D eigenvalue weighted by Gasteiger charge is -2.17. The molecule has 24 heavy (non-hydrogen) atoms. The molecule has 0 saturated carbocycles. The average molecular weight is 360 g/mol. The molecule has 0 unspecified atom stereocenters. The van der Waals surface area contributed by atoms with Gasteiger partial charge in [0, 0.05) is 27.8 Å². The molecule has 1 amide bonds. The van der Waals surface area contributed by atoms with Gasteiger partial charge in [0.15, 0.2) is 0 Å². The Kier molecular flexibility index (Phi) is 8.69. The number of carbonyl (C=O) groups excluding carboxylic acids is 1. The van der Waals surface area contributed by atoms with E-state index in [4.69, 9.17) is 14.2 Å². The molecule has 0 aromatic heterocycles. The highest BCUT2D eigenvalue weighted by atomic mass is 32.2. The van der Waals surface area contributed by atoms with Crippen LogP contribution in [0.2, 0.25) is 0 Å². The van der Waals surface area contributed by atoms with Crippen molar-refractivity contribution in [2.24, 2.45) is 0 Å². The second kappa shape index (κ2) is 10.2. The van der Waals surface area contributed by atoms with Gasteiger partial charge in [0.1, 0.15) is 12.4 Å². The number of methoxy groups -OCH3 is 2. The van der Waals surface area contributed by atoms with E-state index in [0.717, 1.165) is 4.31 Å². The van der Waals surface area contributed by atoms with Crippen LogP contribution in [0.5, 0.6) is 5.75 Å². The quantitative estimate of drug-likeness (QED) is 0.562. The molecule has 0 fully saturated rings. The molecular weight excluding hydrogens is 336 g/mol. The minimum absolute atomic E-state index is 0.0915. The zero-order valence-electron chi connectivity index (χ0n) is 14.1. The highest BCUT2D eigenvalue weighted by molar-refractivity contribution is 7.89. The molecule has 0 atom stereocenters. The maximum atomic E-state index is 12.4. The van der Waals surface area contributed by atoms with Gasteiger partial charge >= 0.3 is 0 Å². The standard InChI is InChI=1S/C15H24N2O6S/c1-17(12-15(18)16-8-9-21-2)24(19,20)14-6-4-13(5-7-14)23-11-10-22-3/h4-7H,8-12H2,1-3H3,(H,16,18). The first-order chi connectivity index (χ1) is 11.4. The van der Waals surface area contributed by atoms with Gasteiger partial charge in [0.2, 0.25) is 15.9 Å². The fourth-order valence-electron chi connectivity index (χ4n) is 1.77. The van der Waals surface area contributed by atoms with E-state index in [9.17, 15) is 13.2 Å². The van der Waals surface area contributed by atoms with Crippen LogP contribution >= 0.6 is 0 Å². The highest BCUT2D eigenvalue weighted by Gasteiger charge is 2.22.